The van der Waals surface area contributed by atoms with Gasteiger partial charge in [-0.1, -0.05) is 121 Å². The van der Waals surface area contributed by atoms with Crippen LogP contribution in [0, 0.1) is 0 Å². The first kappa shape index (κ1) is 27.1. The molecule has 4 heteroatoms. The molecule has 0 bridgehead atoms. The van der Waals surface area contributed by atoms with Crippen molar-refractivity contribution < 1.29 is 0 Å². The third-order valence-corrected chi connectivity index (χ3v) is 10.5. The van der Waals surface area contributed by atoms with Gasteiger partial charge in [-0.3, -0.25) is 0 Å². The molecule has 0 aliphatic rings. The van der Waals surface area contributed by atoms with Crippen molar-refractivity contribution in [1.29, 1.82) is 0 Å². The number of hydrogen-bond donors (Lipinski definition) is 0. The quantitative estimate of drug-likeness (QED) is 0.181. The summed E-state index contributed by atoms with van der Waals surface area (Å²) in [5.41, 5.74) is 11.1. The zero-order valence-electron chi connectivity index (χ0n) is 25.8. The Hall–Kier alpha value is -6.10. The Balaban J connectivity index is 1.14. The van der Waals surface area contributed by atoms with E-state index in [-0.39, 0.29) is 0 Å². The summed E-state index contributed by atoms with van der Waals surface area (Å²) in [4.78, 5) is 10.3. The molecule has 7 aromatic carbocycles. The number of pyridine rings is 1. The Morgan fingerprint density at radius 2 is 1.10 bits per heavy atom. The summed E-state index contributed by atoms with van der Waals surface area (Å²) < 4.78 is 3.58. The first-order valence-electron chi connectivity index (χ1n) is 16.2. The van der Waals surface area contributed by atoms with Gasteiger partial charge in [-0.15, -0.1) is 11.3 Å². The van der Waals surface area contributed by atoms with E-state index >= 15 is 0 Å². The Morgan fingerprint density at radius 1 is 0.417 bits per heavy atom. The number of aromatic nitrogens is 3. The van der Waals surface area contributed by atoms with Gasteiger partial charge in [-0.05, 0) is 53.6 Å². The molecule has 0 fully saturated rings. The highest BCUT2D eigenvalue weighted by Gasteiger charge is 2.19. The van der Waals surface area contributed by atoms with Gasteiger partial charge in [0, 0.05) is 43.7 Å². The van der Waals surface area contributed by atoms with E-state index in [9.17, 15) is 0 Å². The van der Waals surface area contributed by atoms with E-state index in [0.717, 1.165) is 55.1 Å². The minimum absolute atomic E-state index is 0.996. The number of para-hydroxylation sites is 3. The number of rotatable bonds is 4. The van der Waals surface area contributed by atoms with Crippen LogP contribution in [0.15, 0.2) is 164 Å². The van der Waals surface area contributed by atoms with Crippen LogP contribution in [0.25, 0.3) is 92.3 Å². The van der Waals surface area contributed by atoms with Gasteiger partial charge in [0.25, 0.3) is 0 Å². The van der Waals surface area contributed by atoms with Gasteiger partial charge in [0.15, 0.2) is 0 Å². The average molecular weight is 630 g/mol. The summed E-state index contributed by atoms with van der Waals surface area (Å²) in [6.07, 6.45) is 0. The first-order chi connectivity index (χ1) is 23.8. The van der Waals surface area contributed by atoms with E-state index in [0.29, 0.717) is 0 Å². The van der Waals surface area contributed by atoms with Gasteiger partial charge in [-0.2, -0.15) is 0 Å². The smallest absolute Gasteiger partial charge is 0.124 e. The number of hydrogen-bond acceptors (Lipinski definition) is 3. The fourth-order valence-corrected chi connectivity index (χ4v) is 8.16. The summed E-state index contributed by atoms with van der Waals surface area (Å²) >= 11 is 1.74. The third-order valence-electron chi connectivity index (χ3n) is 9.41. The predicted octanol–water partition coefficient (Wildman–Crippen LogP) is 12.1. The minimum Gasteiger partial charge on any atom is -0.309 e. The van der Waals surface area contributed by atoms with Gasteiger partial charge < -0.3 is 4.57 Å². The van der Waals surface area contributed by atoms with Gasteiger partial charge in [-0.25, -0.2) is 9.97 Å². The van der Waals surface area contributed by atoms with E-state index in [1.165, 1.54) is 37.3 Å². The Labute approximate surface area is 281 Å². The molecule has 224 valence electrons. The van der Waals surface area contributed by atoms with Crippen LogP contribution in [-0.2, 0) is 0 Å². The SMILES string of the molecule is c1ccc(-c2nc3cc(-c4ccc(-c5nc6ccccc6c6c5ccc5c6c6ccccc6n5-c5ccccc5)cc4)ccc3s2)cc1. The Kier molecular flexibility index (Phi) is 6.05. The van der Waals surface area contributed by atoms with Gasteiger partial charge in [0.1, 0.15) is 5.01 Å². The normalized spacial score (nSPS) is 11.8. The number of thiazole rings is 1. The molecule has 3 aromatic heterocycles. The zero-order chi connectivity index (χ0) is 31.6. The average Bonchev–Trinajstić information content (AvgIpc) is 3.74. The van der Waals surface area contributed by atoms with Crippen molar-refractivity contribution in [2.75, 3.05) is 0 Å². The van der Waals surface area contributed by atoms with Crippen molar-refractivity contribution in [3.8, 4) is 38.6 Å². The van der Waals surface area contributed by atoms with E-state index in [1.54, 1.807) is 11.3 Å². The van der Waals surface area contributed by atoms with Crippen molar-refractivity contribution in [3.05, 3.63) is 164 Å². The highest BCUT2D eigenvalue weighted by Crippen LogP contribution is 2.42. The number of nitrogens with zero attached hydrogens (tertiary/aromatic N) is 3. The van der Waals surface area contributed by atoms with E-state index in [2.05, 4.69) is 162 Å². The molecule has 0 atom stereocenters. The molecular weight excluding hydrogens is 603 g/mol. The molecule has 0 amide bonds. The largest absolute Gasteiger partial charge is 0.309 e. The molecule has 0 saturated carbocycles. The van der Waals surface area contributed by atoms with Crippen LogP contribution in [0.5, 0.6) is 0 Å². The lowest BCUT2D eigenvalue weighted by Crippen LogP contribution is -1.94. The highest BCUT2D eigenvalue weighted by molar-refractivity contribution is 7.21. The summed E-state index contributed by atoms with van der Waals surface area (Å²) in [6.45, 7) is 0. The van der Waals surface area contributed by atoms with E-state index < -0.39 is 0 Å². The maximum atomic E-state index is 5.28. The fourth-order valence-electron chi connectivity index (χ4n) is 7.21. The van der Waals surface area contributed by atoms with Crippen LogP contribution in [0.2, 0.25) is 0 Å². The molecule has 48 heavy (non-hydrogen) atoms. The van der Waals surface area contributed by atoms with Crippen molar-refractivity contribution in [1.82, 2.24) is 14.5 Å². The maximum Gasteiger partial charge on any atom is 0.124 e. The van der Waals surface area contributed by atoms with Crippen molar-refractivity contribution in [3.63, 3.8) is 0 Å². The molecule has 0 aliphatic carbocycles. The van der Waals surface area contributed by atoms with Crippen LogP contribution < -0.4 is 0 Å². The molecule has 3 nitrogen and oxygen atoms in total. The second-order valence-electron chi connectivity index (χ2n) is 12.2. The zero-order valence-corrected chi connectivity index (χ0v) is 26.7. The Morgan fingerprint density at radius 3 is 1.94 bits per heavy atom. The molecule has 0 aliphatic heterocycles. The molecule has 0 saturated heterocycles. The van der Waals surface area contributed by atoms with Crippen LogP contribution in [0.1, 0.15) is 0 Å². The second kappa shape index (κ2) is 10.7. The van der Waals surface area contributed by atoms with Crippen molar-refractivity contribution in [2.24, 2.45) is 0 Å². The maximum absolute atomic E-state index is 5.28. The first-order valence-corrected chi connectivity index (χ1v) is 17.0. The minimum atomic E-state index is 0.996. The molecule has 10 rings (SSSR count). The lowest BCUT2D eigenvalue weighted by atomic mass is 9.95. The topological polar surface area (TPSA) is 30.7 Å². The van der Waals surface area contributed by atoms with Crippen LogP contribution >= 0.6 is 11.3 Å². The van der Waals surface area contributed by atoms with Crippen LogP contribution in [0.3, 0.4) is 0 Å². The summed E-state index contributed by atoms with van der Waals surface area (Å²) in [5, 5.41) is 7.12. The summed E-state index contributed by atoms with van der Waals surface area (Å²) in [5.74, 6) is 0. The van der Waals surface area contributed by atoms with E-state index in [1.807, 2.05) is 6.07 Å². The molecular formula is C44H27N3S. The second-order valence-corrected chi connectivity index (χ2v) is 13.2. The summed E-state index contributed by atoms with van der Waals surface area (Å²) in [6, 6.07) is 58.3. The number of fused-ring (bicyclic) bond motifs is 8. The molecule has 10 aromatic rings. The van der Waals surface area contributed by atoms with Crippen molar-refractivity contribution in [2.45, 2.75) is 0 Å². The van der Waals surface area contributed by atoms with E-state index in [4.69, 9.17) is 9.97 Å². The van der Waals surface area contributed by atoms with Crippen molar-refractivity contribution >= 4 is 65.0 Å². The van der Waals surface area contributed by atoms with Gasteiger partial charge >= 0.3 is 0 Å². The molecule has 0 radical (unpaired) electrons. The molecule has 0 spiro atoms. The predicted molar refractivity (Wildman–Crippen MR) is 203 cm³/mol. The molecule has 3 heterocycles. The van der Waals surface area contributed by atoms with Gasteiger partial charge in [0.05, 0.1) is 32.5 Å². The summed E-state index contributed by atoms with van der Waals surface area (Å²) in [7, 11) is 0. The van der Waals surface area contributed by atoms with Crippen LogP contribution in [-0.4, -0.2) is 14.5 Å². The lowest BCUT2D eigenvalue weighted by molar-refractivity contribution is 1.18. The highest BCUT2D eigenvalue weighted by atomic mass is 32.1. The molecule has 0 unspecified atom stereocenters. The molecule has 0 N–H and O–H groups in total. The standard InChI is InChI=1S/C44H27N3S/c1-3-11-30(12-4-1)44-46-37-27-31(23-26-40(37)48-44)28-19-21-29(22-20-28)43-35-24-25-39-42(41(35)33-15-7-9-17-36(33)45-43)34-16-8-10-18-38(34)47(39)32-13-5-2-6-14-32/h1-27H. The number of benzene rings is 7. The van der Waals surface area contributed by atoms with Gasteiger partial charge in [0.2, 0.25) is 0 Å². The lowest BCUT2D eigenvalue weighted by Gasteiger charge is -2.13. The van der Waals surface area contributed by atoms with Crippen LogP contribution in [0.4, 0.5) is 0 Å². The monoisotopic (exact) mass is 629 g/mol. The Bertz CT molecular complexity index is 2810. The third kappa shape index (κ3) is 4.20. The fraction of sp³-hybridized carbons (Fsp3) is 0.